The van der Waals surface area contributed by atoms with Gasteiger partial charge in [-0.25, -0.2) is 4.79 Å². The first-order chi connectivity index (χ1) is 9.06. The Morgan fingerprint density at radius 1 is 1.32 bits per heavy atom. The van der Waals surface area contributed by atoms with Crippen LogP contribution in [-0.4, -0.2) is 17.0 Å². The number of benzene rings is 1. The van der Waals surface area contributed by atoms with Crippen molar-refractivity contribution in [3.05, 3.63) is 50.6 Å². The standard InChI is InChI=1S/C13H10BrNO3S/c14-9-1-2-11(10(6-9)13(17)18)15-12(16)5-8-3-4-19-7-8/h1-4,6-7H,5H2,(H,15,16)(H,17,18). The van der Waals surface area contributed by atoms with Gasteiger partial charge in [-0.2, -0.15) is 11.3 Å². The van der Waals surface area contributed by atoms with Crippen LogP contribution in [0, 0.1) is 0 Å². The quantitative estimate of drug-likeness (QED) is 0.897. The molecule has 0 saturated carbocycles. The zero-order valence-electron chi connectivity index (χ0n) is 9.72. The molecule has 2 aromatic rings. The van der Waals surface area contributed by atoms with E-state index in [1.54, 1.807) is 12.1 Å². The zero-order valence-corrected chi connectivity index (χ0v) is 12.1. The Balaban J connectivity index is 2.14. The third kappa shape index (κ3) is 3.65. The Labute approximate surface area is 122 Å². The van der Waals surface area contributed by atoms with E-state index in [1.165, 1.54) is 17.4 Å². The largest absolute Gasteiger partial charge is 0.478 e. The van der Waals surface area contributed by atoms with Crippen molar-refractivity contribution in [2.75, 3.05) is 5.32 Å². The summed E-state index contributed by atoms with van der Waals surface area (Å²) in [6.45, 7) is 0. The topological polar surface area (TPSA) is 66.4 Å². The molecule has 19 heavy (non-hydrogen) atoms. The predicted octanol–water partition coefficient (Wildman–Crippen LogP) is 3.39. The van der Waals surface area contributed by atoms with Gasteiger partial charge in [0.15, 0.2) is 0 Å². The Morgan fingerprint density at radius 2 is 2.11 bits per heavy atom. The third-order valence-electron chi connectivity index (χ3n) is 2.43. The second-order valence-corrected chi connectivity index (χ2v) is 5.55. The number of carboxylic acids is 1. The molecule has 0 atom stereocenters. The Bertz CT molecular complexity index is 610. The van der Waals surface area contributed by atoms with E-state index < -0.39 is 5.97 Å². The lowest BCUT2D eigenvalue weighted by molar-refractivity contribution is -0.115. The van der Waals surface area contributed by atoms with Gasteiger partial charge in [-0.15, -0.1) is 0 Å². The second-order valence-electron chi connectivity index (χ2n) is 3.85. The van der Waals surface area contributed by atoms with Crippen LogP contribution in [0.3, 0.4) is 0 Å². The van der Waals surface area contributed by atoms with Crippen molar-refractivity contribution in [2.45, 2.75) is 6.42 Å². The number of carbonyl (C=O) groups is 2. The zero-order chi connectivity index (χ0) is 13.8. The van der Waals surface area contributed by atoms with E-state index in [9.17, 15) is 9.59 Å². The summed E-state index contributed by atoms with van der Waals surface area (Å²) < 4.78 is 0.653. The van der Waals surface area contributed by atoms with Crippen molar-refractivity contribution < 1.29 is 14.7 Å². The molecule has 4 nitrogen and oxygen atoms in total. The summed E-state index contributed by atoms with van der Waals surface area (Å²) >= 11 is 4.72. The number of carboxylic acid groups (broad SMARTS) is 1. The number of anilines is 1. The number of rotatable bonds is 4. The van der Waals surface area contributed by atoms with Gasteiger partial charge in [0, 0.05) is 4.47 Å². The molecule has 98 valence electrons. The molecule has 0 aliphatic carbocycles. The van der Waals surface area contributed by atoms with Gasteiger partial charge in [-0.3, -0.25) is 4.79 Å². The summed E-state index contributed by atoms with van der Waals surface area (Å²) in [6.07, 6.45) is 0.235. The maximum atomic E-state index is 11.8. The molecule has 0 radical (unpaired) electrons. The molecule has 6 heteroatoms. The minimum atomic E-state index is -1.08. The maximum Gasteiger partial charge on any atom is 0.337 e. The Hall–Kier alpha value is -1.66. The second kappa shape index (κ2) is 5.99. The lowest BCUT2D eigenvalue weighted by Crippen LogP contribution is -2.16. The van der Waals surface area contributed by atoms with E-state index in [0.29, 0.717) is 10.2 Å². The molecule has 1 amide bonds. The number of aromatic carboxylic acids is 1. The van der Waals surface area contributed by atoms with Crippen LogP contribution in [0.1, 0.15) is 15.9 Å². The molecule has 0 aliphatic heterocycles. The first-order valence-corrected chi connectivity index (χ1v) is 7.13. The highest BCUT2D eigenvalue weighted by molar-refractivity contribution is 9.10. The van der Waals surface area contributed by atoms with E-state index in [1.807, 2.05) is 16.8 Å². The van der Waals surface area contributed by atoms with Crippen molar-refractivity contribution >= 4 is 44.8 Å². The maximum absolute atomic E-state index is 11.8. The van der Waals surface area contributed by atoms with Crippen LogP contribution in [0.25, 0.3) is 0 Å². The number of hydrogen-bond donors (Lipinski definition) is 2. The van der Waals surface area contributed by atoms with E-state index in [-0.39, 0.29) is 17.9 Å². The summed E-state index contributed by atoms with van der Waals surface area (Å²) in [5, 5.41) is 15.5. The summed E-state index contributed by atoms with van der Waals surface area (Å²) in [5.74, 6) is -1.31. The van der Waals surface area contributed by atoms with Gasteiger partial charge < -0.3 is 10.4 Å². The first-order valence-electron chi connectivity index (χ1n) is 5.40. The van der Waals surface area contributed by atoms with Gasteiger partial charge in [0.2, 0.25) is 5.91 Å². The lowest BCUT2D eigenvalue weighted by Gasteiger charge is -2.08. The molecule has 1 heterocycles. The average molecular weight is 340 g/mol. The molecule has 1 aromatic carbocycles. The van der Waals surface area contributed by atoms with E-state index in [2.05, 4.69) is 21.2 Å². The van der Waals surface area contributed by atoms with Gasteiger partial charge in [-0.1, -0.05) is 15.9 Å². The van der Waals surface area contributed by atoms with Crippen LogP contribution in [0.5, 0.6) is 0 Å². The fourth-order valence-corrected chi connectivity index (χ4v) is 2.61. The fraction of sp³-hybridized carbons (Fsp3) is 0.0769. The predicted molar refractivity (Wildman–Crippen MR) is 77.8 cm³/mol. The molecule has 0 spiro atoms. The molecule has 1 aromatic heterocycles. The summed E-state index contributed by atoms with van der Waals surface area (Å²) in [6, 6.07) is 6.58. The molecule has 0 saturated heterocycles. The molecule has 0 bridgehead atoms. The van der Waals surface area contributed by atoms with E-state index in [4.69, 9.17) is 5.11 Å². The molecule has 2 rings (SSSR count). The Kier molecular flexibility index (Phi) is 4.34. The normalized spacial score (nSPS) is 10.2. The van der Waals surface area contributed by atoms with Crippen molar-refractivity contribution in [3.8, 4) is 0 Å². The van der Waals surface area contributed by atoms with Crippen LogP contribution in [0.2, 0.25) is 0 Å². The van der Waals surface area contributed by atoms with Crippen molar-refractivity contribution in [2.24, 2.45) is 0 Å². The van der Waals surface area contributed by atoms with Gasteiger partial charge in [0.1, 0.15) is 0 Å². The van der Waals surface area contributed by atoms with Gasteiger partial charge in [0.05, 0.1) is 17.7 Å². The van der Waals surface area contributed by atoms with Crippen molar-refractivity contribution in [1.29, 1.82) is 0 Å². The summed E-state index contributed by atoms with van der Waals surface area (Å²) in [4.78, 5) is 22.9. The fourth-order valence-electron chi connectivity index (χ4n) is 1.58. The monoisotopic (exact) mass is 339 g/mol. The average Bonchev–Trinajstić information content (AvgIpc) is 2.83. The number of halogens is 1. The highest BCUT2D eigenvalue weighted by Crippen LogP contribution is 2.21. The van der Waals surface area contributed by atoms with Crippen LogP contribution < -0.4 is 5.32 Å². The number of nitrogens with one attached hydrogen (secondary N) is 1. The highest BCUT2D eigenvalue weighted by Gasteiger charge is 2.13. The highest BCUT2D eigenvalue weighted by atomic mass is 79.9. The van der Waals surface area contributed by atoms with Crippen LogP contribution >= 0.6 is 27.3 Å². The molecule has 0 fully saturated rings. The minimum Gasteiger partial charge on any atom is -0.478 e. The molecule has 0 aliphatic rings. The van der Waals surface area contributed by atoms with Gasteiger partial charge in [-0.05, 0) is 40.6 Å². The Morgan fingerprint density at radius 3 is 2.74 bits per heavy atom. The smallest absolute Gasteiger partial charge is 0.337 e. The molecule has 0 unspecified atom stereocenters. The lowest BCUT2D eigenvalue weighted by atomic mass is 10.1. The minimum absolute atomic E-state index is 0.0630. The van der Waals surface area contributed by atoms with Crippen molar-refractivity contribution in [3.63, 3.8) is 0 Å². The SMILES string of the molecule is O=C(Cc1ccsc1)Nc1ccc(Br)cc1C(=O)O. The number of hydrogen-bond acceptors (Lipinski definition) is 3. The summed E-state index contributed by atoms with van der Waals surface area (Å²) in [5.41, 5.74) is 1.28. The van der Waals surface area contributed by atoms with Crippen LogP contribution in [0.15, 0.2) is 39.5 Å². The van der Waals surface area contributed by atoms with Gasteiger partial charge >= 0.3 is 5.97 Å². The molecular formula is C13H10BrNO3S. The summed E-state index contributed by atoms with van der Waals surface area (Å²) in [7, 11) is 0. The molecular weight excluding hydrogens is 330 g/mol. The third-order valence-corrected chi connectivity index (χ3v) is 3.66. The van der Waals surface area contributed by atoms with E-state index in [0.717, 1.165) is 5.56 Å². The van der Waals surface area contributed by atoms with Crippen LogP contribution in [-0.2, 0) is 11.2 Å². The molecule has 2 N–H and O–H groups in total. The van der Waals surface area contributed by atoms with Crippen molar-refractivity contribution in [1.82, 2.24) is 0 Å². The first kappa shape index (κ1) is 13.8. The van der Waals surface area contributed by atoms with Crippen LogP contribution in [0.4, 0.5) is 5.69 Å². The number of carbonyl (C=O) groups excluding carboxylic acids is 1. The van der Waals surface area contributed by atoms with E-state index >= 15 is 0 Å². The number of amides is 1. The number of thiophene rings is 1. The van der Waals surface area contributed by atoms with Gasteiger partial charge in [0.25, 0.3) is 0 Å².